The number of carboxylic acid groups (broad SMARTS) is 1. The molecule has 0 atom stereocenters. The number of hydrogen-bond acceptors (Lipinski definition) is 4. The molecule has 0 radical (unpaired) electrons. The molecule has 0 aliphatic heterocycles. The van der Waals surface area contributed by atoms with Gasteiger partial charge >= 0.3 is 5.97 Å². The zero-order valence-electron chi connectivity index (χ0n) is 6.66. The van der Waals surface area contributed by atoms with E-state index in [4.69, 9.17) is 5.11 Å². The molecule has 1 aliphatic rings. The maximum Gasteiger partial charge on any atom is 0.377 e. The molecule has 1 aromatic rings. The second kappa shape index (κ2) is 2.51. The average Bonchev–Trinajstić information content (AvgIpc) is 2.75. The number of nitrogens with zero attached hydrogens (tertiary/aromatic N) is 2. The van der Waals surface area contributed by atoms with Crippen molar-refractivity contribution in [3.05, 3.63) is 11.7 Å². The Morgan fingerprint density at radius 2 is 2.38 bits per heavy atom. The van der Waals surface area contributed by atoms with Crippen LogP contribution < -0.4 is 0 Å². The molecule has 5 nitrogen and oxygen atoms in total. The lowest BCUT2D eigenvalue weighted by Gasteiger charge is -2.00. The van der Waals surface area contributed by atoms with E-state index < -0.39 is 23.9 Å². The number of carbonyl (C=O) groups is 1. The molecular formula is C7H7FN2O3. The molecule has 1 saturated carbocycles. The van der Waals surface area contributed by atoms with Gasteiger partial charge in [-0.25, -0.2) is 9.18 Å². The van der Waals surface area contributed by atoms with Crippen LogP contribution in [0.5, 0.6) is 0 Å². The Balaban J connectivity index is 2.28. The first-order chi connectivity index (χ1) is 6.18. The van der Waals surface area contributed by atoms with Gasteiger partial charge < -0.3 is 9.63 Å². The maximum atomic E-state index is 12.5. The lowest BCUT2D eigenvalue weighted by molar-refractivity contribution is 0.0680. The average molecular weight is 186 g/mol. The Morgan fingerprint density at radius 3 is 2.77 bits per heavy atom. The van der Waals surface area contributed by atoms with Crippen molar-refractivity contribution in [3.8, 4) is 0 Å². The third-order valence-corrected chi connectivity index (χ3v) is 2.18. The van der Waals surface area contributed by atoms with Gasteiger partial charge in [0, 0.05) is 0 Å². The van der Waals surface area contributed by atoms with E-state index in [1.807, 2.05) is 0 Å². The quantitative estimate of drug-likeness (QED) is 0.754. The minimum absolute atomic E-state index is 0.104. The summed E-state index contributed by atoms with van der Waals surface area (Å²) in [7, 11) is 0. The highest BCUT2D eigenvalue weighted by Crippen LogP contribution is 2.47. The number of aromatic carboxylic acids is 1. The van der Waals surface area contributed by atoms with Gasteiger partial charge in [0.15, 0.2) is 0 Å². The van der Waals surface area contributed by atoms with Crippen molar-refractivity contribution in [2.24, 2.45) is 0 Å². The Hall–Kier alpha value is -1.46. The molecule has 0 unspecified atom stereocenters. The molecule has 2 rings (SSSR count). The second-order valence-electron chi connectivity index (χ2n) is 3.14. The fourth-order valence-corrected chi connectivity index (χ4v) is 1.08. The summed E-state index contributed by atoms with van der Waals surface area (Å²) in [4.78, 5) is 14.0. The summed E-state index contributed by atoms with van der Waals surface area (Å²) in [5.41, 5.74) is -0.680. The third-order valence-electron chi connectivity index (χ3n) is 2.18. The SMILES string of the molecule is O=C(O)c1noc(C2(CF)CC2)n1. The van der Waals surface area contributed by atoms with E-state index in [0.29, 0.717) is 12.8 Å². The fourth-order valence-electron chi connectivity index (χ4n) is 1.08. The molecule has 0 amide bonds. The first kappa shape index (κ1) is 8.15. The van der Waals surface area contributed by atoms with Crippen molar-refractivity contribution >= 4 is 5.97 Å². The van der Waals surface area contributed by atoms with Crippen LogP contribution in [0.4, 0.5) is 4.39 Å². The van der Waals surface area contributed by atoms with Gasteiger partial charge in [0.05, 0.1) is 5.41 Å². The first-order valence-corrected chi connectivity index (χ1v) is 3.81. The second-order valence-corrected chi connectivity index (χ2v) is 3.14. The van der Waals surface area contributed by atoms with Gasteiger partial charge in [0.25, 0.3) is 5.82 Å². The molecule has 0 saturated heterocycles. The topological polar surface area (TPSA) is 76.2 Å². The minimum Gasteiger partial charge on any atom is -0.475 e. The number of halogens is 1. The van der Waals surface area contributed by atoms with E-state index in [0.717, 1.165) is 0 Å². The van der Waals surface area contributed by atoms with Gasteiger partial charge in [-0.3, -0.25) is 0 Å². The summed E-state index contributed by atoms with van der Waals surface area (Å²) in [5.74, 6) is -1.56. The van der Waals surface area contributed by atoms with Crippen LogP contribution in [0.1, 0.15) is 29.4 Å². The van der Waals surface area contributed by atoms with E-state index in [9.17, 15) is 9.18 Å². The summed E-state index contributed by atoms with van der Waals surface area (Å²) in [6.07, 6.45) is 1.29. The summed E-state index contributed by atoms with van der Waals surface area (Å²) in [5, 5.41) is 11.7. The molecule has 1 aliphatic carbocycles. The minimum atomic E-state index is -1.26. The standard InChI is InChI=1S/C7H7FN2O3/c8-3-7(1-2-7)6-9-4(5(11)12)10-13-6/h1-3H2,(H,11,12). The number of alkyl halides is 1. The van der Waals surface area contributed by atoms with Crippen LogP contribution >= 0.6 is 0 Å². The van der Waals surface area contributed by atoms with Crippen molar-refractivity contribution in [3.63, 3.8) is 0 Å². The highest BCUT2D eigenvalue weighted by molar-refractivity contribution is 5.82. The maximum absolute atomic E-state index is 12.5. The molecule has 0 bridgehead atoms. The molecular weight excluding hydrogens is 179 g/mol. The zero-order valence-corrected chi connectivity index (χ0v) is 6.66. The lowest BCUT2D eigenvalue weighted by atomic mass is 10.1. The highest BCUT2D eigenvalue weighted by Gasteiger charge is 2.50. The van der Waals surface area contributed by atoms with E-state index >= 15 is 0 Å². The van der Waals surface area contributed by atoms with Crippen molar-refractivity contribution < 1.29 is 18.8 Å². The van der Waals surface area contributed by atoms with Crippen LogP contribution in [0.3, 0.4) is 0 Å². The molecule has 0 spiro atoms. The van der Waals surface area contributed by atoms with Crippen LogP contribution in [0.25, 0.3) is 0 Å². The van der Waals surface area contributed by atoms with Gasteiger partial charge in [-0.1, -0.05) is 0 Å². The van der Waals surface area contributed by atoms with Gasteiger partial charge in [-0.05, 0) is 18.0 Å². The number of carboxylic acids is 1. The Bertz CT molecular complexity index is 345. The molecule has 70 valence electrons. The van der Waals surface area contributed by atoms with Crippen LogP contribution in [-0.2, 0) is 5.41 Å². The van der Waals surface area contributed by atoms with Gasteiger partial charge in [0.1, 0.15) is 6.67 Å². The van der Waals surface area contributed by atoms with Crippen LogP contribution in [0.2, 0.25) is 0 Å². The van der Waals surface area contributed by atoms with Gasteiger partial charge in [0.2, 0.25) is 5.89 Å². The third kappa shape index (κ3) is 1.18. The van der Waals surface area contributed by atoms with Crippen LogP contribution in [0.15, 0.2) is 4.52 Å². The number of aromatic nitrogens is 2. The summed E-state index contributed by atoms with van der Waals surface area (Å²) >= 11 is 0. The molecule has 1 N–H and O–H groups in total. The van der Waals surface area contributed by atoms with E-state index in [2.05, 4.69) is 14.7 Å². The molecule has 1 aromatic heterocycles. The summed E-state index contributed by atoms with van der Waals surface area (Å²) in [6.45, 7) is -0.575. The van der Waals surface area contributed by atoms with Crippen molar-refractivity contribution in [2.75, 3.05) is 6.67 Å². The Kier molecular flexibility index (Phi) is 1.58. The molecule has 1 fully saturated rings. The highest BCUT2D eigenvalue weighted by atomic mass is 19.1. The first-order valence-electron chi connectivity index (χ1n) is 3.81. The lowest BCUT2D eigenvalue weighted by Crippen LogP contribution is -2.10. The van der Waals surface area contributed by atoms with Gasteiger partial charge in [-0.15, -0.1) is 0 Å². The summed E-state index contributed by atoms with van der Waals surface area (Å²) < 4.78 is 17.1. The molecule has 6 heteroatoms. The smallest absolute Gasteiger partial charge is 0.377 e. The van der Waals surface area contributed by atoms with E-state index in [1.165, 1.54) is 0 Å². The largest absolute Gasteiger partial charge is 0.475 e. The normalized spacial score (nSPS) is 18.5. The summed E-state index contributed by atoms with van der Waals surface area (Å²) in [6, 6.07) is 0. The number of hydrogen-bond donors (Lipinski definition) is 1. The van der Waals surface area contributed by atoms with E-state index in [1.54, 1.807) is 0 Å². The molecule has 13 heavy (non-hydrogen) atoms. The van der Waals surface area contributed by atoms with Crippen molar-refractivity contribution in [1.29, 1.82) is 0 Å². The number of rotatable bonds is 3. The predicted octanol–water partition coefficient (Wildman–Crippen LogP) is 0.769. The Morgan fingerprint density at radius 1 is 1.69 bits per heavy atom. The van der Waals surface area contributed by atoms with Gasteiger partial charge in [-0.2, -0.15) is 4.98 Å². The molecule has 1 heterocycles. The van der Waals surface area contributed by atoms with Crippen molar-refractivity contribution in [1.82, 2.24) is 10.1 Å². The fraction of sp³-hybridized carbons (Fsp3) is 0.571. The predicted molar refractivity (Wildman–Crippen MR) is 38.1 cm³/mol. The van der Waals surface area contributed by atoms with Crippen LogP contribution in [0, 0.1) is 0 Å². The van der Waals surface area contributed by atoms with Crippen LogP contribution in [-0.4, -0.2) is 27.9 Å². The zero-order chi connectivity index (χ0) is 9.47. The monoisotopic (exact) mass is 186 g/mol. The Labute approximate surface area is 72.6 Å². The van der Waals surface area contributed by atoms with Crippen molar-refractivity contribution in [2.45, 2.75) is 18.3 Å². The van der Waals surface area contributed by atoms with E-state index in [-0.39, 0.29) is 5.89 Å². The molecule has 0 aromatic carbocycles.